The Morgan fingerprint density at radius 3 is 2.63 bits per heavy atom. The highest BCUT2D eigenvalue weighted by Crippen LogP contribution is 2.27. The van der Waals surface area contributed by atoms with Crippen molar-refractivity contribution in [1.82, 2.24) is 4.98 Å². The van der Waals surface area contributed by atoms with Gasteiger partial charge in [-0.05, 0) is 12.5 Å². The van der Waals surface area contributed by atoms with Crippen LogP contribution in [0, 0.1) is 0 Å². The third kappa shape index (κ3) is 4.01. The van der Waals surface area contributed by atoms with Crippen LogP contribution in [-0.4, -0.2) is 35.3 Å². The molecule has 0 unspecified atom stereocenters. The summed E-state index contributed by atoms with van der Waals surface area (Å²) < 4.78 is 37.4. The Kier molecular flexibility index (Phi) is 4.57. The number of halogens is 3. The van der Waals surface area contributed by atoms with Crippen LogP contribution in [0.1, 0.15) is 23.7 Å². The van der Waals surface area contributed by atoms with Gasteiger partial charge in [0.15, 0.2) is 5.82 Å². The molecule has 0 aliphatic rings. The lowest BCUT2D eigenvalue weighted by Crippen LogP contribution is -2.36. The summed E-state index contributed by atoms with van der Waals surface area (Å²) in [5, 5.41) is 8.89. The lowest BCUT2D eigenvalue weighted by Gasteiger charge is -2.25. The van der Waals surface area contributed by atoms with Crippen LogP contribution < -0.4 is 10.6 Å². The molecule has 0 aliphatic carbocycles. The molecular formula is C11H14F3N3O2. The van der Waals surface area contributed by atoms with Crippen LogP contribution in [0.25, 0.3) is 0 Å². The van der Waals surface area contributed by atoms with Gasteiger partial charge < -0.3 is 15.7 Å². The first kappa shape index (κ1) is 15.1. The molecule has 19 heavy (non-hydrogen) atoms. The van der Waals surface area contributed by atoms with E-state index in [2.05, 4.69) is 4.98 Å². The number of carbonyl (C=O) groups is 1. The van der Waals surface area contributed by atoms with Gasteiger partial charge in [-0.25, -0.2) is 9.78 Å². The monoisotopic (exact) mass is 277 g/mol. The number of rotatable bonds is 5. The number of anilines is 2. The number of hydrogen-bond acceptors (Lipinski definition) is 4. The molecule has 0 amide bonds. The van der Waals surface area contributed by atoms with Gasteiger partial charge in [0.2, 0.25) is 0 Å². The third-order valence-corrected chi connectivity index (χ3v) is 2.36. The first-order valence-electron chi connectivity index (χ1n) is 5.55. The molecule has 1 aromatic rings. The zero-order valence-electron chi connectivity index (χ0n) is 10.2. The number of alkyl halides is 3. The first-order valence-corrected chi connectivity index (χ1v) is 5.55. The van der Waals surface area contributed by atoms with E-state index in [1.165, 1.54) is 0 Å². The third-order valence-electron chi connectivity index (χ3n) is 2.36. The summed E-state index contributed by atoms with van der Waals surface area (Å²) in [6.45, 7) is 0.571. The standard InChI is InChI=1S/C11H14F3N3O2/c1-2-5-17(6-11(12,13)14)9-8(15)7(10(18)19)3-4-16-9/h3-4H,2,5-6,15H2,1H3,(H,18,19). The molecule has 1 rings (SSSR count). The smallest absolute Gasteiger partial charge is 0.405 e. The first-order chi connectivity index (χ1) is 8.76. The molecule has 1 aromatic heterocycles. The zero-order valence-corrected chi connectivity index (χ0v) is 10.2. The van der Waals surface area contributed by atoms with Crippen molar-refractivity contribution in [2.75, 3.05) is 23.7 Å². The van der Waals surface area contributed by atoms with Gasteiger partial charge in [0.1, 0.15) is 6.54 Å². The second-order valence-electron chi connectivity index (χ2n) is 3.94. The van der Waals surface area contributed by atoms with E-state index in [1.54, 1.807) is 6.92 Å². The van der Waals surface area contributed by atoms with Crippen LogP contribution in [-0.2, 0) is 0 Å². The Morgan fingerprint density at radius 2 is 2.16 bits per heavy atom. The summed E-state index contributed by atoms with van der Waals surface area (Å²) in [6, 6.07) is 1.15. The van der Waals surface area contributed by atoms with Gasteiger partial charge >= 0.3 is 12.1 Å². The van der Waals surface area contributed by atoms with Gasteiger partial charge in [-0.15, -0.1) is 0 Å². The van der Waals surface area contributed by atoms with Gasteiger partial charge in [-0.3, -0.25) is 0 Å². The van der Waals surface area contributed by atoms with Gasteiger partial charge in [0.25, 0.3) is 0 Å². The van der Waals surface area contributed by atoms with Gasteiger partial charge in [0, 0.05) is 12.7 Å². The normalized spacial score (nSPS) is 11.4. The Hall–Kier alpha value is -1.99. The van der Waals surface area contributed by atoms with Crippen molar-refractivity contribution in [2.24, 2.45) is 0 Å². The molecule has 0 fully saturated rings. The van der Waals surface area contributed by atoms with Crippen molar-refractivity contribution < 1.29 is 23.1 Å². The number of carboxylic acid groups (broad SMARTS) is 1. The predicted octanol–water partition coefficient (Wildman–Crippen LogP) is 2.14. The lowest BCUT2D eigenvalue weighted by molar-refractivity contribution is -0.119. The quantitative estimate of drug-likeness (QED) is 0.862. The maximum absolute atomic E-state index is 12.5. The summed E-state index contributed by atoms with van der Waals surface area (Å²) in [5.74, 6) is -1.45. The molecule has 0 bridgehead atoms. The number of aromatic nitrogens is 1. The van der Waals surface area contributed by atoms with E-state index < -0.39 is 18.7 Å². The minimum absolute atomic E-state index is 0.0831. The van der Waals surface area contributed by atoms with Gasteiger partial charge in [0.05, 0.1) is 11.3 Å². The number of nitrogen functional groups attached to an aromatic ring is 1. The SMILES string of the molecule is CCCN(CC(F)(F)F)c1nccc(C(=O)O)c1N. The average Bonchev–Trinajstić information content (AvgIpc) is 2.26. The number of nitrogens with two attached hydrogens (primary N) is 1. The molecule has 0 saturated carbocycles. The molecule has 106 valence electrons. The highest BCUT2D eigenvalue weighted by Gasteiger charge is 2.32. The minimum atomic E-state index is -4.41. The Labute approximate surface area is 107 Å². The van der Waals surface area contributed by atoms with Crippen molar-refractivity contribution in [1.29, 1.82) is 0 Å². The van der Waals surface area contributed by atoms with E-state index in [0.29, 0.717) is 6.42 Å². The van der Waals surface area contributed by atoms with E-state index >= 15 is 0 Å². The molecule has 5 nitrogen and oxygen atoms in total. The van der Waals surface area contributed by atoms with Crippen LogP contribution in [0.5, 0.6) is 0 Å². The maximum Gasteiger partial charge on any atom is 0.405 e. The van der Waals surface area contributed by atoms with E-state index in [9.17, 15) is 18.0 Å². The van der Waals surface area contributed by atoms with Crippen molar-refractivity contribution in [3.8, 4) is 0 Å². The number of aromatic carboxylic acids is 1. The minimum Gasteiger partial charge on any atom is -0.478 e. The number of nitrogens with zero attached hydrogens (tertiary/aromatic N) is 2. The largest absolute Gasteiger partial charge is 0.478 e. The van der Waals surface area contributed by atoms with Crippen molar-refractivity contribution in [2.45, 2.75) is 19.5 Å². The molecule has 0 saturated heterocycles. The van der Waals surface area contributed by atoms with Gasteiger partial charge in [-0.2, -0.15) is 13.2 Å². The second-order valence-corrected chi connectivity index (χ2v) is 3.94. The fourth-order valence-electron chi connectivity index (χ4n) is 1.65. The average molecular weight is 277 g/mol. The van der Waals surface area contributed by atoms with E-state index in [0.717, 1.165) is 17.2 Å². The van der Waals surface area contributed by atoms with Crippen LogP contribution in [0.3, 0.4) is 0 Å². The molecule has 0 radical (unpaired) electrons. The highest BCUT2D eigenvalue weighted by molar-refractivity contribution is 5.96. The lowest BCUT2D eigenvalue weighted by atomic mass is 10.2. The van der Waals surface area contributed by atoms with E-state index in [-0.39, 0.29) is 23.6 Å². The maximum atomic E-state index is 12.5. The van der Waals surface area contributed by atoms with Crippen LogP contribution in [0.2, 0.25) is 0 Å². The summed E-state index contributed by atoms with van der Waals surface area (Å²) in [7, 11) is 0. The van der Waals surface area contributed by atoms with Crippen LogP contribution in [0.4, 0.5) is 24.7 Å². The predicted molar refractivity (Wildman–Crippen MR) is 64.2 cm³/mol. The van der Waals surface area contributed by atoms with Crippen LogP contribution >= 0.6 is 0 Å². The zero-order chi connectivity index (χ0) is 14.6. The van der Waals surface area contributed by atoms with E-state index in [1.807, 2.05) is 0 Å². The van der Waals surface area contributed by atoms with Gasteiger partial charge in [-0.1, -0.05) is 6.92 Å². The summed E-state index contributed by atoms with van der Waals surface area (Å²) in [5.41, 5.74) is 5.07. The van der Waals surface area contributed by atoms with Crippen molar-refractivity contribution >= 4 is 17.5 Å². The number of pyridine rings is 1. The summed E-state index contributed by atoms with van der Waals surface area (Å²) in [4.78, 5) is 15.6. The molecule has 0 spiro atoms. The topological polar surface area (TPSA) is 79.5 Å². The Morgan fingerprint density at radius 1 is 1.53 bits per heavy atom. The molecule has 3 N–H and O–H groups in total. The molecule has 0 aromatic carbocycles. The molecule has 8 heteroatoms. The van der Waals surface area contributed by atoms with Crippen molar-refractivity contribution in [3.63, 3.8) is 0 Å². The molecule has 0 aliphatic heterocycles. The fourth-order valence-corrected chi connectivity index (χ4v) is 1.65. The highest BCUT2D eigenvalue weighted by atomic mass is 19.4. The van der Waals surface area contributed by atoms with E-state index in [4.69, 9.17) is 10.8 Å². The summed E-state index contributed by atoms with van der Waals surface area (Å²) in [6.07, 6.45) is -2.83. The number of carboxylic acids is 1. The summed E-state index contributed by atoms with van der Waals surface area (Å²) >= 11 is 0. The molecule has 1 heterocycles. The number of hydrogen-bond donors (Lipinski definition) is 2. The second kappa shape index (κ2) is 5.77. The Balaban J connectivity index is 3.16. The van der Waals surface area contributed by atoms with Crippen LogP contribution in [0.15, 0.2) is 12.3 Å². The van der Waals surface area contributed by atoms with Crippen molar-refractivity contribution in [3.05, 3.63) is 17.8 Å². The Bertz CT molecular complexity index is 463. The molecule has 0 atom stereocenters. The fraction of sp³-hybridized carbons (Fsp3) is 0.455. The molecular weight excluding hydrogens is 263 g/mol.